The molecule has 2 unspecified atom stereocenters. The summed E-state index contributed by atoms with van der Waals surface area (Å²) in [6.07, 6.45) is 22.3. The van der Waals surface area contributed by atoms with E-state index < -0.39 is 0 Å². The first kappa shape index (κ1) is 31.8. The molecule has 0 spiro atoms. The Labute approximate surface area is 294 Å². The first-order chi connectivity index (χ1) is 24.6. The number of allylic oxidation sites excluding steroid dienone is 5. The van der Waals surface area contributed by atoms with E-state index in [4.69, 9.17) is 20.1 Å². The average molecular weight is 654 g/mol. The molecule has 0 saturated carbocycles. The van der Waals surface area contributed by atoms with Gasteiger partial charge in [-0.25, -0.2) is 4.99 Å². The molecule has 3 aliphatic rings. The van der Waals surface area contributed by atoms with Crippen molar-refractivity contribution >= 4 is 51.1 Å². The van der Waals surface area contributed by atoms with Crippen molar-refractivity contribution in [1.29, 1.82) is 0 Å². The van der Waals surface area contributed by atoms with Crippen LogP contribution in [0.1, 0.15) is 71.7 Å². The molecule has 0 amide bonds. The van der Waals surface area contributed by atoms with Crippen LogP contribution in [0.4, 0.5) is 0 Å². The summed E-state index contributed by atoms with van der Waals surface area (Å²) in [5, 5.41) is 3.88. The second-order valence-electron chi connectivity index (χ2n) is 13.8. The molecule has 2 atom stereocenters. The summed E-state index contributed by atoms with van der Waals surface area (Å²) >= 11 is 0. The highest BCUT2D eigenvalue weighted by Crippen LogP contribution is 2.39. The van der Waals surface area contributed by atoms with Crippen LogP contribution in [-0.4, -0.2) is 18.2 Å². The maximum absolute atomic E-state index is 6.73. The van der Waals surface area contributed by atoms with Crippen LogP contribution >= 0.6 is 0 Å². The molecule has 1 heterocycles. The SMILES string of the molecule is C/C=C\c1ccccc1CC(N)=NC(=NCC1=CCCc2oc3ccccc3c21)C1=CCC(c2cc3c(c4ccccc24)CC(C)C=C3)C=C1. The molecule has 4 heteroatoms. The van der Waals surface area contributed by atoms with E-state index in [1.54, 1.807) is 0 Å². The van der Waals surface area contributed by atoms with Crippen molar-refractivity contribution in [1.82, 2.24) is 0 Å². The molecule has 50 heavy (non-hydrogen) atoms. The number of aliphatic imine (C=N–C) groups is 2. The van der Waals surface area contributed by atoms with Gasteiger partial charge in [-0.15, -0.1) is 0 Å². The number of nitrogens with two attached hydrogens (primary N) is 1. The van der Waals surface area contributed by atoms with Gasteiger partial charge < -0.3 is 10.2 Å². The van der Waals surface area contributed by atoms with Crippen LogP contribution in [0.25, 0.3) is 39.5 Å². The monoisotopic (exact) mass is 653 g/mol. The zero-order chi connectivity index (χ0) is 34.0. The summed E-state index contributed by atoms with van der Waals surface area (Å²) < 4.78 is 6.26. The van der Waals surface area contributed by atoms with E-state index >= 15 is 0 Å². The van der Waals surface area contributed by atoms with Gasteiger partial charge in [-0.1, -0.05) is 128 Å². The summed E-state index contributed by atoms with van der Waals surface area (Å²) in [7, 11) is 0. The van der Waals surface area contributed by atoms with E-state index in [9.17, 15) is 0 Å². The van der Waals surface area contributed by atoms with Crippen molar-refractivity contribution in [2.45, 2.75) is 51.9 Å². The molecule has 8 rings (SSSR count). The first-order valence-electron chi connectivity index (χ1n) is 17.9. The van der Waals surface area contributed by atoms with Gasteiger partial charge in [0.15, 0.2) is 5.84 Å². The number of benzene rings is 4. The van der Waals surface area contributed by atoms with E-state index in [0.717, 1.165) is 59.1 Å². The van der Waals surface area contributed by atoms with Crippen LogP contribution in [-0.2, 0) is 19.3 Å². The molecule has 4 nitrogen and oxygen atoms in total. The Morgan fingerprint density at radius 3 is 2.56 bits per heavy atom. The lowest BCUT2D eigenvalue weighted by molar-refractivity contribution is 0.545. The lowest BCUT2D eigenvalue weighted by Crippen LogP contribution is -2.19. The van der Waals surface area contributed by atoms with Gasteiger partial charge in [0.1, 0.15) is 17.2 Å². The fraction of sp³-hybridized carbons (Fsp3) is 0.217. The lowest BCUT2D eigenvalue weighted by Gasteiger charge is -2.24. The number of hydrogen-bond donors (Lipinski definition) is 1. The summed E-state index contributed by atoms with van der Waals surface area (Å²) in [4.78, 5) is 10.2. The molecule has 3 aliphatic carbocycles. The summed E-state index contributed by atoms with van der Waals surface area (Å²) in [5.74, 6) is 3.09. The number of amidine groups is 2. The summed E-state index contributed by atoms with van der Waals surface area (Å²) in [6, 6.07) is 28.0. The number of furan rings is 1. The molecule has 0 radical (unpaired) electrons. The van der Waals surface area contributed by atoms with E-state index in [0.29, 0.717) is 30.6 Å². The largest absolute Gasteiger partial charge is 0.460 e. The van der Waals surface area contributed by atoms with Gasteiger partial charge >= 0.3 is 0 Å². The molecule has 1 aromatic heterocycles. The average Bonchev–Trinajstić information content (AvgIpc) is 3.54. The fourth-order valence-corrected chi connectivity index (χ4v) is 7.85. The van der Waals surface area contributed by atoms with Gasteiger partial charge in [0.2, 0.25) is 0 Å². The number of aryl methyl sites for hydroxylation is 1. The van der Waals surface area contributed by atoms with Gasteiger partial charge in [0.05, 0.1) is 6.54 Å². The second kappa shape index (κ2) is 13.8. The minimum Gasteiger partial charge on any atom is -0.460 e. The van der Waals surface area contributed by atoms with Gasteiger partial charge in [0, 0.05) is 35.3 Å². The highest BCUT2D eigenvalue weighted by atomic mass is 16.3. The second-order valence-corrected chi connectivity index (χ2v) is 13.8. The Morgan fingerprint density at radius 1 is 0.920 bits per heavy atom. The third-order valence-electron chi connectivity index (χ3n) is 10.3. The van der Waals surface area contributed by atoms with E-state index in [-0.39, 0.29) is 5.92 Å². The number of para-hydroxylation sites is 1. The van der Waals surface area contributed by atoms with Crippen LogP contribution in [0.5, 0.6) is 0 Å². The lowest BCUT2D eigenvalue weighted by atomic mass is 9.80. The van der Waals surface area contributed by atoms with E-state index in [2.05, 4.69) is 122 Å². The normalized spacial score (nSPS) is 19.2. The Bertz CT molecular complexity index is 2320. The molecule has 5 aromatic rings. The van der Waals surface area contributed by atoms with Crippen LogP contribution in [0.2, 0.25) is 0 Å². The third kappa shape index (κ3) is 6.22. The molecule has 0 saturated heterocycles. The Morgan fingerprint density at radius 2 is 1.72 bits per heavy atom. The van der Waals surface area contributed by atoms with E-state index in [1.807, 2.05) is 19.1 Å². The van der Waals surface area contributed by atoms with Gasteiger partial charge in [-0.3, -0.25) is 4.99 Å². The first-order valence-corrected chi connectivity index (χ1v) is 17.9. The number of rotatable bonds is 7. The quantitative estimate of drug-likeness (QED) is 0.140. The van der Waals surface area contributed by atoms with Crippen molar-refractivity contribution in [3.63, 3.8) is 0 Å². The van der Waals surface area contributed by atoms with Gasteiger partial charge in [-0.2, -0.15) is 0 Å². The molecule has 0 bridgehead atoms. The Balaban J connectivity index is 1.13. The highest BCUT2D eigenvalue weighted by Gasteiger charge is 2.23. The Hall–Kier alpha value is -5.48. The van der Waals surface area contributed by atoms with Crippen LogP contribution in [0.15, 0.2) is 135 Å². The molecule has 0 aliphatic heterocycles. The maximum atomic E-state index is 6.73. The van der Waals surface area contributed by atoms with E-state index in [1.165, 1.54) is 38.6 Å². The van der Waals surface area contributed by atoms with Crippen molar-refractivity contribution in [3.05, 3.63) is 160 Å². The Kier molecular flexibility index (Phi) is 8.77. The molecular weight excluding hydrogens is 611 g/mol. The smallest absolute Gasteiger partial charge is 0.156 e. The topological polar surface area (TPSA) is 63.9 Å². The number of nitrogens with zero attached hydrogens (tertiary/aromatic N) is 2. The predicted octanol–water partition coefficient (Wildman–Crippen LogP) is 10.8. The molecule has 4 aromatic carbocycles. The van der Waals surface area contributed by atoms with Crippen molar-refractivity contribution in [2.24, 2.45) is 21.6 Å². The molecule has 2 N–H and O–H groups in total. The van der Waals surface area contributed by atoms with Crippen LogP contribution in [0.3, 0.4) is 0 Å². The van der Waals surface area contributed by atoms with Crippen molar-refractivity contribution in [2.75, 3.05) is 6.54 Å². The number of fused-ring (bicyclic) bond motifs is 6. The highest BCUT2D eigenvalue weighted by molar-refractivity contribution is 6.08. The third-order valence-corrected chi connectivity index (χ3v) is 10.3. The van der Waals surface area contributed by atoms with Gasteiger partial charge in [-0.05, 0) is 82.3 Å². The van der Waals surface area contributed by atoms with Crippen LogP contribution < -0.4 is 5.73 Å². The summed E-state index contributed by atoms with van der Waals surface area (Å²) in [5.41, 5.74) is 17.5. The minimum absolute atomic E-state index is 0.262. The standard InChI is InChI=1S/C46H43N3O/c1-3-11-31-12-4-5-13-34(31)28-44(47)49-46(48-29-36-14-10-19-43-45(36)39-17-8-9-18-42(39)50-43)33-24-22-32(23-25-33)41-27-35-21-20-30(2)26-40(35)37-15-6-7-16-38(37)41/h3-9,11-18,20-22,24-25,27,30,32H,10,19,23,26,28-29H2,1-2H3,(H2,47,48,49)/b11-3-. The minimum atomic E-state index is 0.262. The number of hydrogen-bond acceptors (Lipinski definition) is 2. The zero-order valence-corrected chi connectivity index (χ0v) is 28.9. The van der Waals surface area contributed by atoms with Gasteiger partial charge in [0.25, 0.3) is 0 Å². The van der Waals surface area contributed by atoms with Crippen molar-refractivity contribution < 1.29 is 4.42 Å². The van der Waals surface area contributed by atoms with Crippen LogP contribution in [0, 0.1) is 5.92 Å². The zero-order valence-electron chi connectivity index (χ0n) is 28.9. The predicted molar refractivity (Wildman–Crippen MR) is 212 cm³/mol. The molecule has 0 fully saturated rings. The summed E-state index contributed by atoms with van der Waals surface area (Å²) in [6.45, 7) is 4.84. The molecular formula is C46H43N3O. The van der Waals surface area contributed by atoms with Crippen molar-refractivity contribution in [3.8, 4) is 0 Å². The maximum Gasteiger partial charge on any atom is 0.156 e. The fourth-order valence-electron chi connectivity index (χ4n) is 7.85. The molecule has 248 valence electrons.